The van der Waals surface area contributed by atoms with Crippen LogP contribution in [0, 0.1) is 11.3 Å². The topological polar surface area (TPSA) is 93.5 Å². The van der Waals surface area contributed by atoms with Gasteiger partial charge in [-0.05, 0) is 43.4 Å². The minimum Gasteiger partial charge on any atom is -0.322 e. The summed E-state index contributed by atoms with van der Waals surface area (Å²) in [6.07, 6.45) is 0. The number of benzene rings is 2. The summed E-state index contributed by atoms with van der Waals surface area (Å²) in [4.78, 5) is 14.7. The molecule has 3 rings (SSSR count). The van der Waals surface area contributed by atoms with E-state index in [1.165, 1.54) is 28.6 Å². The predicted molar refractivity (Wildman–Crippen MR) is 107 cm³/mol. The first-order chi connectivity index (χ1) is 13.3. The molecule has 0 bridgehead atoms. The second kappa shape index (κ2) is 8.29. The zero-order valence-electron chi connectivity index (χ0n) is 15.2. The van der Waals surface area contributed by atoms with Crippen molar-refractivity contribution in [2.75, 3.05) is 38.5 Å². The van der Waals surface area contributed by atoms with Crippen LogP contribution in [0.3, 0.4) is 0 Å². The van der Waals surface area contributed by atoms with Gasteiger partial charge < -0.3 is 10.2 Å². The van der Waals surface area contributed by atoms with Crippen LogP contribution < -0.4 is 5.32 Å². The highest BCUT2D eigenvalue weighted by atomic mass is 35.5. The maximum atomic E-state index is 12.9. The molecule has 0 saturated carbocycles. The fraction of sp³-hybridized carbons (Fsp3) is 0.263. The third-order valence-electron chi connectivity index (χ3n) is 4.54. The van der Waals surface area contributed by atoms with Gasteiger partial charge in [-0.3, -0.25) is 4.79 Å². The summed E-state index contributed by atoms with van der Waals surface area (Å²) in [6, 6.07) is 12.4. The molecular formula is C19H19ClN4O3S. The molecule has 9 heteroatoms. The van der Waals surface area contributed by atoms with Crippen LogP contribution in [0.25, 0.3) is 0 Å². The average Bonchev–Trinajstić information content (AvgIpc) is 2.68. The quantitative estimate of drug-likeness (QED) is 0.822. The Morgan fingerprint density at radius 2 is 1.86 bits per heavy atom. The summed E-state index contributed by atoms with van der Waals surface area (Å²) in [5.74, 6) is -0.462. The molecule has 0 radical (unpaired) electrons. The molecule has 1 saturated heterocycles. The van der Waals surface area contributed by atoms with Crippen molar-refractivity contribution in [3.05, 3.63) is 58.6 Å². The van der Waals surface area contributed by atoms with E-state index in [4.69, 9.17) is 16.9 Å². The Balaban J connectivity index is 1.80. The molecule has 1 fully saturated rings. The largest absolute Gasteiger partial charge is 0.322 e. The Kier molecular flexibility index (Phi) is 6.01. The number of nitriles is 1. The van der Waals surface area contributed by atoms with Crippen molar-refractivity contribution in [2.24, 2.45) is 0 Å². The summed E-state index contributed by atoms with van der Waals surface area (Å²) < 4.78 is 27.2. The molecule has 7 nitrogen and oxygen atoms in total. The van der Waals surface area contributed by atoms with Gasteiger partial charge in [0.05, 0.1) is 15.5 Å². The van der Waals surface area contributed by atoms with Crippen molar-refractivity contribution in [1.29, 1.82) is 5.26 Å². The molecule has 1 amide bonds. The number of nitrogens with zero attached hydrogens (tertiary/aromatic N) is 3. The monoisotopic (exact) mass is 418 g/mol. The molecule has 0 aromatic heterocycles. The van der Waals surface area contributed by atoms with Gasteiger partial charge in [0.15, 0.2) is 0 Å². The second-order valence-electron chi connectivity index (χ2n) is 6.50. The SMILES string of the molecule is CN1CCN(S(=O)(=O)c2cccc(C(=O)Nc3ccc(C#N)c(Cl)c3)c2)CC1. The summed E-state index contributed by atoms with van der Waals surface area (Å²) in [7, 11) is -1.71. The fourth-order valence-corrected chi connectivity index (χ4v) is 4.55. The molecule has 2 aromatic carbocycles. The number of halogens is 1. The Morgan fingerprint density at radius 3 is 2.50 bits per heavy atom. The summed E-state index contributed by atoms with van der Waals surface area (Å²) in [5, 5.41) is 11.8. The fourth-order valence-electron chi connectivity index (χ4n) is 2.86. The Hall–Kier alpha value is -2.44. The lowest BCUT2D eigenvalue weighted by Gasteiger charge is -2.31. The Labute approximate surface area is 169 Å². The molecule has 146 valence electrons. The van der Waals surface area contributed by atoms with Gasteiger partial charge in [0, 0.05) is 37.4 Å². The first-order valence-electron chi connectivity index (χ1n) is 8.61. The maximum absolute atomic E-state index is 12.9. The molecule has 1 aliphatic heterocycles. The van der Waals surface area contributed by atoms with E-state index in [0.29, 0.717) is 37.4 Å². The Morgan fingerprint density at radius 1 is 1.14 bits per heavy atom. The molecule has 1 N–H and O–H groups in total. The van der Waals surface area contributed by atoms with Gasteiger partial charge in [0.2, 0.25) is 10.0 Å². The molecule has 0 atom stereocenters. The predicted octanol–water partition coefficient (Wildman–Crippen LogP) is 2.40. The molecule has 0 unspecified atom stereocenters. The number of sulfonamides is 1. The van der Waals surface area contributed by atoms with Gasteiger partial charge in [-0.1, -0.05) is 17.7 Å². The van der Waals surface area contributed by atoms with Gasteiger partial charge in [0.25, 0.3) is 5.91 Å². The van der Waals surface area contributed by atoms with Crippen LogP contribution in [0.1, 0.15) is 15.9 Å². The standard InChI is InChI=1S/C19H19ClN4O3S/c1-23-7-9-24(10-8-23)28(26,27)17-4-2-3-14(11-17)19(25)22-16-6-5-15(13-21)18(20)12-16/h2-6,11-12H,7-10H2,1H3,(H,22,25). The molecule has 2 aromatic rings. The summed E-state index contributed by atoms with van der Waals surface area (Å²) in [6.45, 7) is 2.16. The van der Waals surface area contributed by atoms with Gasteiger partial charge in [-0.25, -0.2) is 8.42 Å². The lowest BCUT2D eigenvalue weighted by atomic mass is 10.2. The number of hydrogen-bond acceptors (Lipinski definition) is 5. The highest BCUT2D eigenvalue weighted by Crippen LogP contribution is 2.22. The number of nitrogens with one attached hydrogen (secondary N) is 1. The van der Waals surface area contributed by atoms with Crippen molar-refractivity contribution in [2.45, 2.75) is 4.90 Å². The van der Waals surface area contributed by atoms with E-state index in [1.54, 1.807) is 18.2 Å². The van der Waals surface area contributed by atoms with Crippen LogP contribution >= 0.6 is 11.6 Å². The van der Waals surface area contributed by atoms with E-state index < -0.39 is 15.9 Å². The van der Waals surface area contributed by atoms with Crippen LogP contribution in [-0.2, 0) is 10.0 Å². The average molecular weight is 419 g/mol. The first kappa shape index (κ1) is 20.3. The third kappa shape index (κ3) is 4.34. The minimum absolute atomic E-state index is 0.0857. The van der Waals surface area contributed by atoms with E-state index in [9.17, 15) is 13.2 Å². The minimum atomic E-state index is -3.66. The van der Waals surface area contributed by atoms with Crippen LogP contribution in [0.4, 0.5) is 5.69 Å². The van der Waals surface area contributed by atoms with Crippen LogP contribution in [-0.4, -0.2) is 56.8 Å². The summed E-state index contributed by atoms with van der Waals surface area (Å²) >= 11 is 5.98. The van der Waals surface area contributed by atoms with E-state index in [2.05, 4.69) is 10.2 Å². The third-order valence-corrected chi connectivity index (χ3v) is 6.75. The zero-order valence-corrected chi connectivity index (χ0v) is 16.8. The van der Waals surface area contributed by atoms with Gasteiger partial charge in [-0.2, -0.15) is 9.57 Å². The van der Waals surface area contributed by atoms with Crippen LogP contribution in [0.5, 0.6) is 0 Å². The van der Waals surface area contributed by atoms with Gasteiger partial charge in [-0.15, -0.1) is 0 Å². The smallest absolute Gasteiger partial charge is 0.255 e. The highest BCUT2D eigenvalue weighted by molar-refractivity contribution is 7.89. The number of carbonyl (C=O) groups excluding carboxylic acids is 1. The van der Waals surface area contributed by atoms with Crippen molar-refractivity contribution in [3.63, 3.8) is 0 Å². The zero-order chi connectivity index (χ0) is 20.3. The molecule has 0 aliphatic carbocycles. The van der Waals surface area contributed by atoms with Crippen LogP contribution in [0.15, 0.2) is 47.4 Å². The van der Waals surface area contributed by atoms with Crippen molar-refractivity contribution in [3.8, 4) is 6.07 Å². The van der Waals surface area contributed by atoms with Crippen LogP contribution in [0.2, 0.25) is 5.02 Å². The number of likely N-dealkylation sites (N-methyl/N-ethyl adjacent to an activating group) is 1. The lowest BCUT2D eigenvalue weighted by Crippen LogP contribution is -2.47. The van der Waals surface area contributed by atoms with E-state index in [0.717, 1.165) is 0 Å². The number of carbonyl (C=O) groups is 1. The van der Waals surface area contributed by atoms with E-state index in [-0.39, 0.29) is 15.5 Å². The number of piperazine rings is 1. The number of rotatable bonds is 4. The molecule has 0 spiro atoms. The molecule has 1 heterocycles. The van der Waals surface area contributed by atoms with E-state index >= 15 is 0 Å². The lowest BCUT2D eigenvalue weighted by molar-refractivity contribution is 0.102. The van der Waals surface area contributed by atoms with Gasteiger partial charge in [0.1, 0.15) is 6.07 Å². The molecule has 28 heavy (non-hydrogen) atoms. The second-order valence-corrected chi connectivity index (χ2v) is 8.84. The number of amides is 1. The number of hydrogen-bond donors (Lipinski definition) is 1. The highest BCUT2D eigenvalue weighted by Gasteiger charge is 2.27. The number of anilines is 1. The van der Waals surface area contributed by atoms with Crippen molar-refractivity contribution < 1.29 is 13.2 Å². The normalized spacial score (nSPS) is 15.8. The molecular weight excluding hydrogens is 400 g/mol. The van der Waals surface area contributed by atoms with E-state index in [1.807, 2.05) is 13.1 Å². The first-order valence-corrected chi connectivity index (χ1v) is 10.4. The van der Waals surface area contributed by atoms with Crippen molar-refractivity contribution in [1.82, 2.24) is 9.21 Å². The van der Waals surface area contributed by atoms with Crippen molar-refractivity contribution >= 4 is 33.2 Å². The molecule has 1 aliphatic rings. The summed E-state index contributed by atoms with van der Waals surface area (Å²) in [5.41, 5.74) is 0.942. The maximum Gasteiger partial charge on any atom is 0.255 e. The van der Waals surface area contributed by atoms with Gasteiger partial charge >= 0.3 is 0 Å². The Bertz CT molecular complexity index is 1040.